The Hall–Kier alpha value is -7.85. The summed E-state index contributed by atoms with van der Waals surface area (Å²) in [5.41, 5.74) is 6.92. The third-order valence-electron chi connectivity index (χ3n) is 15.6. The first-order valence-electron chi connectivity index (χ1n) is 25.8. The first kappa shape index (κ1) is 53.5. The van der Waals surface area contributed by atoms with Crippen molar-refractivity contribution in [1.82, 2.24) is 10.6 Å². The topological polar surface area (TPSA) is 307 Å². The third-order valence-corrected chi connectivity index (χ3v) is 15.6. The fraction of sp³-hybridized carbons (Fsp3) is 0.362. The number of nitrogens with one attached hydrogen (secondary N) is 2. The Kier molecular flexibility index (Phi) is 15.3. The molecule has 0 aromatic heterocycles. The van der Waals surface area contributed by atoms with Crippen LogP contribution in [-0.4, -0.2) is 122 Å². The molecule has 6 unspecified atom stereocenters. The first-order chi connectivity index (χ1) is 37.6. The van der Waals surface area contributed by atoms with Crippen molar-refractivity contribution < 1.29 is 73.2 Å². The molecular weight excluding hydrogens is 1010 g/mol. The second kappa shape index (κ2) is 22.2. The van der Waals surface area contributed by atoms with Gasteiger partial charge < -0.3 is 65.6 Å². The summed E-state index contributed by atoms with van der Waals surface area (Å²) in [6.45, 7) is 0.176. The van der Waals surface area contributed by atoms with E-state index >= 15 is 0 Å². The number of benzene rings is 5. The number of nitrogens with two attached hydrogens (primary N) is 1. The van der Waals surface area contributed by atoms with Gasteiger partial charge in [0.1, 0.15) is 47.9 Å². The zero-order valence-electron chi connectivity index (χ0n) is 42.7. The van der Waals surface area contributed by atoms with Crippen molar-refractivity contribution in [3.63, 3.8) is 0 Å². The van der Waals surface area contributed by atoms with Gasteiger partial charge in [-0.3, -0.25) is 14.4 Å². The highest BCUT2D eigenvalue weighted by molar-refractivity contribution is 6.31. The Morgan fingerprint density at radius 1 is 0.769 bits per heavy atom. The molecule has 0 bridgehead atoms. The molecule has 9 N–H and O–H groups in total. The molecule has 2 heterocycles. The molecule has 5 aromatic carbocycles. The molecule has 3 aliphatic carbocycles. The van der Waals surface area contributed by atoms with Crippen LogP contribution in [0.15, 0.2) is 113 Å². The number of alkyl carbamates (subject to hydrolysis) is 1. The van der Waals surface area contributed by atoms with E-state index in [-0.39, 0.29) is 70.7 Å². The second-order valence-electron chi connectivity index (χ2n) is 20.3. The number of aliphatic hydroxyl groups is 3. The zero-order chi connectivity index (χ0) is 55.0. The largest absolute Gasteiger partial charge is 0.507 e. The number of Topliss-reactive ketones (excluding diaryl/α,β-unsaturated/α-hetero) is 1. The van der Waals surface area contributed by atoms with Gasteiger partial charge in [0.15, 0.2) is 17.9 Å². The molecule has 1 saturated heterocycles. The smallest absolute Gasteiger partial charge is 0.412 e. The number of hydrogen-bond acceptors (Lipinski definition) is 18. The fourth-order valence-electron chi connectivity index (χ4n) is 11.5. The highest BCUT2D eigenvalue weighted by Gasteiger charge is 2.51. The van der Waals surface area contributed by atoms with Gasteiger partial charge >= 0.3 is 12.2 Å². The van der Waals surface area contributed by atoms with E-state index in [4.69, 9.17) is 39.6 Å². The zero-order valence-corrected chi connectivity index (χ0v) is 42.7. The van der Waals surface area contributed by atoms with Crippen LogP contribution < -0.4 is 25.8 Å². The van der Waals surface area contributed by atoms with E-state index in [1.165, 1.54) is 32.2 Å². The van der Waals surface area contributed by atoms with Gasteiger partial charge in [0, 0.05) is 59.9 Å². The summed E-state index contributed by atoms with van der Waals surface area (Å²) in [5, 5.41) is 71.4. The van der Waals surface area contributed by atoms with E-state index in [1.807, 2.05) is 60.7 Å². The van der Waals surface area contributed by atoms with Gasteiger partial charge in [0.2, 0.25) is 5.78 Å². The van der Waals surface area contributed by atoms with Crippen LogP contribution in [0.25, 0.3) is 0 Å². The minimum absolute atomic E-state index is 0.0399. The Morgan fingerprint density at radius 2 is 1.40 bits per heavy atom. The molecule has 20 heteroatoms. The number of phenols is 2. The molecule has 20 nitrogen and oxygen atoms in total. The molecule has 0 spiro atoms. The Labute approximate surface area is 447 Å². The standard InChI is InChI=1S/C58H59N5O15/c1-29-51(66)40(24-44(76-29)78-42-26-58(73,43(65)27-64)25-37-46(42)55(70)48-47(53(37)68)52(67)36-14-9-15-41(74-2)45(36)54(48)69)61-56(71)75-28-30-16-18-33(19-17-30)77-57(72)60-39-23-21-35-34(20-22-38(39)59)49(31-10-5-3-6-11-31)62-63-50(35)32-12-7-4-8-13-32/h3-19,29,34-35,38-40,42,44,51,64,66,68,70,73H,20-28,59H2,1-2H3,(H,60,72)(H,61,71)/t29?,34?,35?,38?,39?,40?,42-,44-,51+,58-/m0/s1. The summed E-state index contributed by atoms with van der Waals surface area (Å²) in [6, 6.07) is 28.8. The number of carbonyl (C=O) groups is 5. The fourth-order valence-corrected chi connectivity index (χ4v) is 11.5. The summed E-state index contributed by atoms with van der Waals surface area (Å²) in [4.78, 5) is 67.7. The Balaban J connectivity index is 0.764. The summed E-state index contributed by atoms with van der Waals surface area (Å²) in [5.74, 6) is -3.85. The number of ether oxygens (including phenoxy) is 5. The number of rotatable bonds is 12. The van der Waals surface area contributed by atoms with Crippen LogP contribution in [0.4, 0.5) is 9.59 Å². The van der Waals surface area contributed by atoms with Gasteiger partial charge in [-0.15, -0.1) is 0 Å². The van der Waals surface area contributed by atoms with Gasteiger partial charge in [-0.2, -0.15) is 10.2 Å². The second-order valence-corrected chi connectivity index (χ2v) is 20.3. The molecule has 0 radical (unpaired) electrons. The molecule has 2 aliphatic heterocycles. The number of fused-ring (bicyclic) bond motifs is 4. The number of carbonyl (C=O) groups excluding carboxylic acids is 5. The van der Waals surface area contributed by atoms with Crippen LogP contribution in [0, 0.1) is 11.8 Å². The van der Waals surface area contributed by atoms with E-state index in [9.17, 15) is 49.5 Å². The summed E-state index contributed by atoms with van der Waals surface area (Å²) in [6.07, 6.45) is -5.61. The maximum Gasteiger partial charge on any atom is 0.412 e. The number of phenolic OH excluding ortho intramolecular Hbond substituents is 2. The molecule has 406 valence electrons. The number of aliphatic hydroxyl groups excluding tert-OH is 2. The lowest BCUT2D eigenvalue weighted by atomic mass is 9.71. The summed E-state index contributed by atoms with van der Waals surface area (Å²) < 4.78 is 28.8. The predicted molar refractivity (Wildman–Crippen MR) is 280 cm³/mol. The van der Waals surface area contributed by atoms with E-state index in [0.717, 1.165) is 29.0 Å². The third kappa shape index (κ3) is 10.4. The lowest BCUT2D eigenvalue weighted by Crippen LogP contribution is -2.56. The lowest BCUT2D eigenvalue weighted by molar-refractivity contribution is -0.249. The first-order valence-corrected chi connectivity index (χ1v) is 25.8. The molecule has 78 heavy (non-hydrogen) atoms. The quantitative estimate of drug-likeness (QED) is 0.0705. The molecule has 2 amide bonds. The molecule has 5 aliphatic rings. The minimum atomic E-state index is -2.39. The van der Waals surface area contributed by atoms with Crippen molar-refractivity contribution in [2.75, 3.05) is 13.7 Å². The highest BCUT2D eigenvalue weighted by Crippen LogP contribution is 2.53. The molecule has 2 fully saturated rings. The average Bonchev–Trinajstić information content (AvgIpc) is 3.58. The number of aromatic hydroxyl groups is 2. The van der Waals surface area contributed by atoms with Crippen LogP contribution >= 0.6 is 0 Å². The number of ketones is 3. The predicted octanol–water partition coefficient (Wildman–Crippen LogP) is 5.47. The van der Waals surface area contributed by atoms with Crippen LogP contribution in [0.1, 0.15) is 111 Å². The van der Waals surface area contributed by atoms with E-state index in [0.29, 0.717) is 24.8 Å². The normalized spacial score (nSPS) is 26.5. The maximum absolute atomic E-state index is 14.1. The van der Waals surface area contributed by atoms with Gasteiger partial charge in [0.05, 0.1) is 53.5 Å². The summed E-state index contributed by atoms with van der Waals surface area (Å²) >= 11 is 0. The van der Waals surface area contributed by atoms with Crippen LogP contribution in [-0.2, 0) is 32.0 Å². The molecule has 1 saturated carbocycles. The maximum atomic E-state index is 14.1. The molecule has 10 rings (SSSR count). The Bertz CT molecular complexity index is 3210. The van der Waals surface area contributed by atoms with Crippen molar-refractivity contribution in [2.24, 2.45) is 27.8 Å². The van der Waals surface area contributed by atoms with Crippen molar-refractivity contribution in [2.45, 2.75) is 107 Å². The van der Waals surface area contributed by atoms with Crippen LogP contribution in [0.5, 0.6) is 23.0 Å². The van der Waals surface area contributed by atoms with Gasteiger partial charge in [0.25, 0.3) is 0 Å². The summed E-state index contributed by atoms with van der Waals surface area (Å²) in [7, 11) is 1.30. The minimum Gasteiger partial charge on any atom is -0.507 e. The van der Waals surface area contributed by atoms with Gasteiger partial charge in [-0.25, -0.2) is 9.59 Å². The molecule has 5 aromatic rings. The van der Waals surface area contributed by atoms with Crippen molar-refractivity contribution in [1.29, 1.82) is 0 Å². The van der Waals surface area contributed by atoms with E-state index in [1.54, 1.807) is 24.3 Å². The van der Waals surface area contributed by atoms with Crippen molar-refractivity contribution in [3.05, 3.63) is 153 Å². The Morgan fingerprint density at radius 3 is 2.04 bits per heavy atom. The molecule has 10 atom stereocenters. The van der Waals surface area contributed by atoms with E-state index in [2.05, 4.69) is 10.6 Å². The van der Waals surface area contributed by atoms with Crippen LogP contribution in [0.3, 0.4) is 0 Å². The SMILES string of the molecule is COc1cccc2c1C(=O)c1c(O)c3c(c(O)c1C2=O)C[C@@](O)(C(=O)CO)C[C@@H]3O[C@H]1CC(NC(=O)OCc2ccc(OC(=O)NC3CCC4C(c5ccccc5)=NN=C(c5ccccc5)C4CCC3N)cc2)[C@H](O)C(C)O1. The van der Waals surface area contributed by atoms with Crippen LogP contribution in [0.2, 0.25) is 0 Å². The number of nitrogens with zero attached hydrogens (tertiary/aromatic N) is 2. The number of methoxy groups -OCH3 is 1. The van der Waals surface area contributed by atoms with E-state index < -0.39 is 108 Å². The number of amides is 2. The van der Waals surface area contributed by atoms with Crippen molar-refractivity contribution in [3.8, 4) is 23.0 Å². The van der Waals surface area contributed by atoms with Gasteiger partial charge in [-0.05, 0) is 67.5 Å². The van der Waals surface area contributed by atoms with Gasteiger partial charge in [-0.1, -0.05) is 84.9 Å². The lowest BCUT2D eigenvalue weighted by Gasteiger charge is -2.42. The average molecular weight is 1070 g/mol. The molecular formula is C58H59N5O15. The monoisotopic (exact) mass is 1070 g/mol. The van der Waals surface area contributed by atoms with Crippen molar-refractivity contribution >= 4 is 41.0 Å². The number of hydrogen-bond donors (Lipinski definition) is 8. The highest BCUT2D eigenvalue weighted by atomic mass is 16.7.